The summed E-state index contributed by atoms with van der Waals surface area (Å²) in [4.78, 5) is 31.7. The first kappa shape index (κ1) is 22.5. The number of carbonyl (C=O) groups excluding carboxylic acids is 2. The first-order chi connectivity index (χ1) is 16.8. The van der Waals surface area contributed by atoms with Crippen LogP contribution in [-0.4, -0.2) is 48.3 Å². The summed E-state index contributed by atoms with van der Waals surface area (Å²) in [6.45, 7) is 1.49. The highest BCUT2D eigenvalue weighted by molar-refractivity contribution is 6.09. The Balaban J connectivity index is 1.87. The van der Waals surface area contributed by atoms with Gasteiger partial charge in [-0.3, -0.25) is 19.3 Å². The Labute approximate surface area is 202 Å². The zero-order valence-electron chi connectivity index (χ0n) is 20.2. The van der Waals surface area contributed by atoms with E-state index in [1.807, 2.05) is 37.3 Å². The maximum Gasteiger partial charge on any atom is 0.220 e. The minimum absolute atomic E-state index is 0.128. The zero-order valence-corrected chi connectivity index (χ0v) is 20.2. The molecule has 0 unspecified atom stereocenters. The van der Waals surface area contributed by atoms with Crippen molar-refractivity contribution in [1.82, 2.24) is 20.1 Å². The van der Waals surface area contributed by atoms with Gasteiger partial charge in [0.1, 0.15) is 17.3 Å². The molecular formula is C25H26N6O4. The summed E-state index contributed by atoms with van der Waals surface area (Å²) in [5.41, 5.74) is 5.23. The van der Waals surface area contributed by atoms with Crippen LogP contribution in [0.3, 0.4) is 0 Å². The first-order valence-electron chi connectivity index (χ1n) is 11.2. The van der Waals surface area contributed by atoms with Gasteiger partial charge in [-0.05, 0) is 12.5 Å². The van der Waals surface area contributed by atoms with Crippen LogP contribution >= 0.6 is 0 Å². The van der Waals surface area contributed by atoms with E-state index in [9.17, 15) is 9.59 Å². The van der Waals surface area contributed by atoms with E-state index in [2.05, 4.69) is 15.4 Å². The quantitative estimate of drug-likeness (QED) is 0.567. The molecule has 1 N–H and O–H groups in total. The Hall–Kier alpha value is -4.34. The van der Waals surface area contributed by atoms with E-state index in [0.29, 0.717) is 35.5 Å². The van der Waals surface area contributed by atoms with Gasteiger partial charge in [0.05, 0.1) is 53.0 Å². The number of nitrogens with one attached hydrogen (secondary N) is 1. The number of amides is 2. The molecule has 0 radical (unpaired) electrons. The average molecular weight is 475 g/mol. The Morgan fingerprint density at radius 2 is 2.09 bits per heavy atom. The lowest BCUT2D eigenvalue weighted by Gasteiger charge is -2.28. The van der Waals surface area contributed by atoms with E-state index in [1.54, 1.807) is 31.2 Å². The van der Waals surface area contributed by atoms with Crippen molar-refractivity contribution in [1.29, 1.82) is 0 Å². The van der Waals surface area contributed by atoms with E-state index in [1.165, 1.54) is 11.8 Å². The maximum absolute atomic E-state index is 11.8. The number of hydrogen-bond acceptors (Lipinski definition) is 7. The van der Waals surface area contributed by atoms with Gasteiger partial charge >= 0.3 is 0 Å². The van der Waals surface area contributed by atoms with Crippen molar-refractivity contribution in [2.45, 2.75) is 19.8 Å². The summed E-state index contributed by atoms with van der Waals surface area (Å²) in [6.07, 6.45) is 9.20. The molecule has 1 aliphatic carbocycles. The van der Waals surface area contributed by atoms with Crippen molar-refractivity contribution in [2.24, 2.45) is 7.05 Å². The van der Waals surface area contributed by atoms with E-state index in [-0.39, 0.29) is 5.91 Å². The van der Waals surface area contributed by atoms with Crippen molar-refractivity contribution in [2.75, 3.05) is 31.0 Å². The second-order valence-corrected chi connectivity index (χ2v) is 8.61. The number of nitrogens with zero attached hydrogens (tertiary/aromatic N) is 5. The van der Waals surface area contributed by atoms with Crippen LogP contribution in [0.2, 0.25) is 0 Å². The second-order valence-electron chi connectivity index (χ2n) is 8.61. The number of carbonyl (C=O) groups is 2. The molecule has 5 rings (SSSR count). The molecule has 2 aromatic heterocycles. The molecule has 1 aliphatic heterocycles. The summed E-state index contributed by atoms with van der Waals surface area (Å²) in [7, 11) is 7.07. The average Bonchev–Trinajstić information content (AvgIpc) is 3.22. The number of aromatic nitrogens is 3. The van der Waals surface area contributed by atoms with Crippen molar-refractivity contribution < 1.29 is 19.1 Å². The van der Waals surface area contributed by atoms with E-state index in [0.717, 1.165) is 45.8 Å². The molecule has 3 heterocycles. The smallest absolute Gasteiger partial charge is 0.220 e. The largest absolute Gasteiger partial charge is 0.496 e. The van der Waals surface area contributed by atoms with Gasteiger partial charge in [0.25, 0.3) is 0 Å². The third kappa shape index (κ3) is 3.67. The van der Waals surface area contributed by atoms with Gasteiger partial charge in [0.2, 0.25) is 12.3 Å². The molecule has 0 atom stereocenters. The molecule has 1 aromatic carbocycles. The Morgan fingerprint density at radius 3 is 2.74 bits per heavy atom. The first-order valence-corrected chi connectivity index (χ1v) is 11.2. The van der Waals surface area contributed by atoms with Crippen LogP contribution in [-0.2, 0) is 16.6 Å². The van der Waals surface area contributed by atoms with Gasteiger partial charge in [0.15, 0.2) is 0 Å². The minimum atomic E-state index is -0.128. The highest BCUT2D eigenvalue weighted by Gasteiger charge is 2.32. The van der Waals surface area contributed by atoms with E-state index >= 15 is 0 Å². The molecule has 0 spiro atoms. The normalized spacial score (nSPS) is 14.7. The summed E-state index contributed by atoms with van der Waals surface area (Å²) >= 11 is 0. The number of methoxy groups -OCH3 is 1. The summed E-state index contributed by atoms with van der Waals surface area (Å²) < 4.78 is 14.2. The third-order valence-corrected chi connectivity index (χ3v) is 6.26. The van der Waals surface area contributed by atoms with E-state index in [4.69, 9.17) is 9.47 Å². The SMILES string of the molecule is COc1cc2ncc(N(C)C=O)c3c2c(c1-c1cnn(C)c1)OC1=C(C=C(NC(C)=O)CC1)N3C. The number of pyridine rings is 1. The summed E-state index contributed by atoms with van der Waals surface area (Å²) in [5.74, 6) is 1.81. The molecule has 10 heteroatoms. The van der Waals surface area contributed by atoms with Crippen LogP contribution in [0.1, 0.15) is 19.8 Å². The van der Waals surface area contributed by atoms with Gasteiger partial charge in [-0.15, -0.1) is 0 Å². The highest BCUT2D eigenvalue weighted by Crippen LogP contribution is 2.52. The lowest BCUT2D eigenvalue weighted by atomic mass is 10.0. The lowest BCUT2D eigenvalue weighted by Crippen LogP contribution is -2.27. The van der Waals surface area contributed by atoms with Gasteiger partial charge in [0, 0.05) is 58.0 Å². The lowest BCUT2D eigenvalue weighted by molar-refractivity contribution is -0.118. The predicted octanol–water partition coefficient (Wildman–Crippen LogP) is 3.09. The summed E-state index contributed by atoms with van der Waals surface area (Å²) in [6, 6.07) is 1.87. The number of aryl methyl sites for hydroxylation is 1. The molecule has 0 saturated heterocycles. The van der Waals surface area contributed by atoms with Crippen molar-refractivity contribution >= 4 is 34.6 Å². The van der Waals surface area contributed by atoms with Gasteiger partial charge in [-0.1, -0.05) is 0 Å². The monoisotopic (exact) mass is 474 g/mol. The molecule has 0 fully saturated rings. The van der Waals surface area contributed by atoms with Crippen molar-refractivity contribution in [3.05, 3.63) is 47.9 Å². The van der Waals surface area contributed by atoms with Gasteiger partial charge < -0.3 is 24.6 Å². The van der Waals surface area contributed by atoms with Crippen LogP contribution in [0.5, 0.6) is 11.5 Å². The van der Waals surface area contributed by atoms with Gasteiger partial charge in [-0.25, -0.2) is 0 Å². The number of ether oxygens (including phenoxy) is 2. The standard InChI is InChI=1S/C25H26N6O4/c1-14(33)28-16-6-7-20-18(8-16)31(4)24-19(29(2)13-32)11-26-17-9-21(34-5)22(25(35-20)23(17)24)15-10-27-30(3)12-15/h8-13H,6-7H2,1-5H3,(H,28,33). The van der Waals surface area contributed by atoms with Crippen LogP contribution in [0.15, 0.2) is 47.9 Å². The van der Waals surface area contributed by atoms with Crippen LogP contribution < -0.4 is 24.6 Å². The maximum atomic E-state index is 11.8. The third-order valence-electron chi connectivity index (χ3n) is 6.26. The Morgan fingerprint density at radius 1 is 1.29 bits per heavy atom. The second kappa shape index (κ2) is 8.46. The topological polar surface area (TPSA) is 102 Å². The zero-order chi connectivity index (χ0) is 24.9. The van der Waals surface area contributed by atoms with Gasteiger partial charge in [-0.2, -0.15) is 5.10 Å². The fourth-order valence-electron chi connectivity index (χ4n) is 4.66. The molecule has 3 aromatic rings. The molecular weight excluding hydrogens is 448 g/mol. The van der Waals surface area contributed by atoms with Crippen LogP contribution in [0, 0.1) is 0 Å². The molecule has 2 aliphatic rings. The minimum Gasteiger partial charge on any atom is -0.496 e. The number of likely N-dealkylation sites (N-methyl/N-ethyl adjacent to an activating group) is 1. The fraction of sp³-hybridized carbons (Fsp3) is 0.280. The Kier molecular flexibility index (Phi) is 5.43. The number of allylic oxidation sites excluding steroid dienone is 3. The van der Waals surface area contributed by atoms with Crippen molar-refractivity contribution in [3.63, 3.8) is 0 Å². The molecule has 0 bridgehead atoms. The van der Waals surface area contributed by atoms with Crippen molar-refractivity contribution in [3.8, 4) is 22.6 Å². The Bertz CT molecular complexity index is 1440. The number of rotatable bonds is 5. The summed E-state index contributed by atoms with van der Waals surface area (Å²) in [5, 5.41) is 8.00. The number of hydrogen-bond donors (Lipinski definition) is 1. The molecule has 35 heavy (non-hydrogen) atoms. The number of benzene rings is 1. The fourth-order valence-corrected chi connectivity index (χ4v) is 4.66. The molecule has 2 amide bonds. The van der Waals surface area contributed by atoms with Crippen LogP contribution in [0.25, 0.3) is 22.0 Å². The highest BCUT2D eigenvalue weighted by atomic mass is 16.5. The van der Waals surface area contributed by atoms with E-state index < -0.39 is 0 Å². The predicted molar refractivity (Wildman–Crippen MR) is 132 cm³/mol. The van der Waals surface area contributed by atoms with Crippen LogP contribution in [0.4, 0.5) is 11.4 Å². The number of anilines is 2. The molecule has 180 valence electrons. The molecule has 0 saturated carbocycles. The molecule has 10 nitrogen and oxygen atoms in total.